The van der Waals surface area contributed by atoms with Gasteiger partial charge in [-0.3, -0.25) is 4.98 Å². The molecule has 15 heavy (non-hydrogen) atoms. The van der Waals surface area contributed by atoms with E-state index >= 15 is 0 Å². The summed E-state index contributed by atoms with van der Waals surface area (Å²) in [5, 5.41) is 0. The van der Waals surface area contributed by atoms with E-state index in [4.69, 9.17) is 0 Å². The minimum absolute atomic E-state index is 1.05. The van der Waals surface area contributed by atoms with E-state index < -0.39 is 0 Å². The SMILES string of the molecule is Cn1cncc1-c1cc2ncccc2s1. The van der Waals surface area contributed by atoms with Crippen molar-refractivity contribution in [2.45, 2.75) is 0 Å². The molecule has 0 spiro atoms. The summed E-state index contributed by atoms with van der Waals surface area (Å²) >= 11 is 1.75. The second-order valence-corrected chi connectivity index (χ2v) is 4.47. The average molecular weight is 215 g/mol. The van der Waals surface area contributed by atoms with Crippen molar-refractivity contribution in [1.29, 1.82) is 0 Å². The lowest BCUT2D eigenvalue weighted by Crippen LogP contribution is -1.85. The molecule has 0 aliphatic heterocycles. The second-order valence-electron chi connectivity index (χ2n) is 3.39. The van der Waals surface area contributed by atoms with Gasteiger partial charge in [0.15, 0.2) is 0 Å². The van der Waals surface area contributed by atoms with Gasteiger partial charge in [-0.25, -0.2) is 4.98 Å². The van der Waals surface area contributed by atoms with Crippen LogP contribution in [0.15, 0.2) is 36.9 Å². The Balaban J connectivity index is 2.24. The highest BCUT2D eigenvalue weighted by atomic mass is 32.1. The van der Waals surface area contributed by atoms with Gasteiger partial charge in [0.1, 0.15) is 0 Å². The molecule has 0 unspecified atom stereocenters. The number of fused-ring (bicyclic) bond motifs is 1. The number of aromatic nitrogens is 3. The zero-order valence-corrected chi connectivity index (χ0v) is 9.03. The summed E-state index contributed by atoms with van der Waals surface area (Å²) in [5.41, 5.74) is 2.19. The van der Waals surface area contributed by atoms with Gasteiger partial charge in [0.25, 0.3) is 0 Å². The highest BCUT2D eigenvalue weighted by Crippen LogP contribution is 2.31. The molecule has 0 aliphatic carbocycles. The number of pyridine rings is 1. The first-order chi connectivity index (χ1) is 7.34. The predicted octanol–water partition coefficient (Wildman–Crippen LogP) is 2.70. The van der Waals surface area contributed by atoms with Crippen LogP contribution in [0, 0.1) is 0 Å². The van der Waals surface area contributed by atoms with Crippen molar-refractivity contribution in [3.05, 3.63) is 36.9 Å². The molecular formula is C11H9N3S. The summed E-state index contributed by atoms with van der Waals surface area (Å²) in [6, 6.07) is 6.16. The first kappa shape index (κ1) is 8.61. The topological polar surface area (TPSA) is 30.7 Å². The van der Waals surface area contributed by atoms with Crippen LogP contribution < -0.4 is 0 Å². The van der Waals surface area contributed by atoms with Gasteiger partial charge in [-0.2, -0.15) is 0 Å². The maximum Gasteiger partial charge on any atom is 0.0948 e. The average Bonchev–Trinajstić information content (AvgIpc) is 2.82. The van der Waals surface area contributed by atoms with E-state index in [1.807, 2.05) is 36.4 Å². The van der Waals surface area contributed by atoms with Crippen LogP contribution in [0.1, 0.15) is 0 Å². The number of imidazole rings is 1. The maximum atomic E-state index is 4.32. The van der Waals surface area contributed by atoms with Crippen LogP contribution >= 0.6 is 11.3 Å². The monoisotopic (exact) mass is 215 g/mol. The summed E-state index contributed by atoms with van der Waals surface area (Å²) < 4.78 is 3.23. The first-order valence-electron chi connectivity index (χ1n) is 4.66. The molecule has 3 aromatic rings. The Morgan fingerprint density at radius 1 is 1.40 bits per heavy atom. The fourth-order valence-electron chi connectivity index (χ4n) is 1.59. The van der Waals surface area contributed by atoms with Crippen LogP contribution in [0.25, 0.3) is 20.8 Å². The van der Waals surface area contributed by atoms with Crippen LogP contribution in [-0.4, -0.2) is 14.5 Å². The predicted molar refractivity (Wildman–Crippen MR) is 61.8 cm³/mol. The zero-order chi connectivity index (χ0) is 10.3. The van der Waals surface area contributed by atoms with Gasteiger partial charge in [-0.05, 0) is 18.2 Å². The van der Waals surface area contributed by atoms with Crippen LogP contribution in [-0.2, 0) is 7.05 Å². The molecule has 0 aliphatic rings. The van der Waals surface area contributed by atoms with Gasteiger partial charge in [0.2, 0.25) is 0 Å². The largest absolute Gasteiger partial charge is 0.333 e. The van der Waals surface area contributed by atoms with Crippen molar-refractivity contribution in [3.8, 4) is 10.6 Å². The molecule has 3 aromatic heterocycles. The van der Waals surface area contributed by atoms with E-state index in [1.54, 1.807) is 11.3 Å². The van der Waals surface area contributed by atoms with E-state index in [9.17, 15) is 0 Å². The molecule has 4 heteroatoms. The highest BCUT2D eigenvalue weighted by molar-refractivity contribution is 7.22. The quantitative estimate of drug-likeness (QED) is 0.625. The third-order valence-electron chi connectivity index (χ3n) is 2.36. The van der Waals surface area contributed by atoms with E-state index in [2.05, 4.69) is 22.1 Å². The Morgan fingerprint density at radius 3 is 3.07 bits per heavy atom. The Morgan fingerprint density at radius 2 is 2.33 bits per heavy atom. The molecule has 3 heterocycles. The van der Waals surface area contributed by atoms with Crippen LogP contribution in [0.5, 0.6) is 0 Å². The molecule has 3 nitrogen and oxygen atoms in total. The lowest BCUT2D eigenvalue weighted by molar-refractivity contribution is 0.923. The van der Waals surface area contributed by atoms with Crippen molar-refractivity contribution in [3.63, 3.8) is 0 Å². The highest BCUT2D eigenvalue weighted by Gasteiger charge is 2.07. The standard InChI is InChI=1S/C11H9N3S/c1-14-7-12-6-9(14)11-5-8-10(15-11)3-2-4-13-8/h2-7H,1H3. The van der Waals surface area contributed by atoms with Gasteiger partial charge in [0.05, 0.1) is 33.3 Å². The summed E-state index contributed by atoms with van der Waals surface area (Å²) in [7, 11) is 2.00. The lowest BCUT2D eigenvalue weighted by Gasteiger charge is -1.95. The molecule has 0 atom stereocenters. The third-order valence-corrected chi connectivity index (χ3v) is 3.47. The Kier molecular flexibility index (Phi) is 1.82. The van der Waals surface area contributed by atoms with Crippen molar-refractivity contribution in [1.82, 2.24) is 14.5 Å². The minimum atomic E-state index is 1.05. The minimum Gasteiger partial charge on any atom is -0.333 e. The smallest absolute Gasteiger partial charge is 0.0948 e. The number of hydrogen-bond donors (Lipinski definition) is 0. The molecular weight excluding hydrogens is 206 g/mol. The van der Waals surface area contributed by atoms with Crippen molar-refractivity contribution < 1.29 is 0 Å². The Bertz CT molecular complexity index is 576. The van der Waals surface area contributed by atoms with E-state index in [0.29, 0.717) is 0 Å². The van der Waals surface area contributed by atoms with Gasteiger partial charge in [0, 0.05) is 13.2 Å². The summed E-state index contributed by atoms with van der Waals surface area (Å²) in [5.74, 6) is 0. The number of nitrogens with zero attached hydrogens (tertiary/aromatic N) is 3. The molecule has 0 fully saturated rings. The third kappa shape index (κ3) is 1.34. The summed E-state index contributed by atoms with van der Waals surface area (Å²) in [6.07, 6.45) is 5.51. The molecule has 0 bridgehead atoms. The number of hydrogen-bond acceptors (Lipinski definition) is 3. The number of aryl methyl sites for hydroxylation is 1. The van der Waals surface area contributed by atoms with Crippen molar-refractivity contribution in [2.75, 3.05) is 0 Å². The van der Waals surface area contributed by atoms with E-state index in [1.165, 1.54) is 9.58 Å². The van der Waals surface area contributed by atoms with Gasteiger partial charge < -0.3 is 4.57 Å². The van der Waals surface area contributed by atoms with Crippen molar-refractivity contribution >= 4 is 21.6 Å². The van der Waals surface area contributed by atoms with Gasteiger partial charge >= 0.3 is 0 Å². The lowest BCUT2D eigenvalue weighted by atomic mass is 10.3. The molecule has 0 aromatic carbocycles. The number of rotatable bonds is 1. The molecule has 0 amide bonds. The van der Waals surface area contributed by atoms with Gasteiger partial charge in [-0.1, -0.05) is 0 Å². The summed E-state index contributed by atoms with van der Waals surface area (Å²) in [6.45, 7) is 0. The molecule has 0 saturated carbocycles. The fourth-order valence-corrected chi connectivity index (χ4v) is 2.66. The normalized spacial score (nSPS) is 11.0. The summed E-state index contributed by atoms with van der Waals surface area (Å²) in [4.78, 5) is 9.65. The van der Waals surface area contributed by atoms with Gasteiger partial charge in [-0.15, -0.1) is 11.3 Å². The molecule has 0 saturated heterocycles. The molecule has 74 valence electrons. The maximum absolute atomic E-state index is 4.32. The van der Waals surface area contributed by atoms with Crippen molar-refractivity contribution in [2.24, 2.45) is 7.05 Å². The van der Waals surface area contributed by atoms with E-state index in [-0.39, 0.29) is 0 Å². The molecule has 0 radical (unpaired) electrons. The van der Waals surface area contributed by atoms with E-state index in [0.717, 1.165) is 11.2 Å². The van der Waals surface area contributed by atoms with Crippen LogP contribution in [0.3, 0.4) is 0 Å². The van der Waals surface area contributed by atoms with Crippen LogP contribution in [0.4, 0.5) is 0 Å². The fraction of sp³-hybridized carbons (Fsp3) is 0.0909. The molecule has 3 rings (SSSR count). The Hall–Kier alpha value is -1.68. The van der Waals surface area contributed by atoms with Crippen LogP contribution in [0.2, 0.25) is 0 Å². The second kappa shape index (κ2) is 3.17. The molecule has 0 N–H and O–H groups in total. The first-order valence-corrected chi connectivity index (χ1v) is 5.47. The Labute approximate surface area is 91.0 Å². The zero-order valence-electron chi connectivity index (χ0n) is 8.21. The number of thiophene rings is 1.